The Bertz CT molecular complexity index is 798. The quantitative estimate of drug-likeness (QED) is 0.867. The fraction of sp³-hybridized carbons (Fsp3) is 0.429. The Morgan fingerprint density at radius 3 is 2.54 bits per heavy atom. The molecule has 0 unspecified atom stereocenters. The average Bonchev–Trinajstić information content (AvgIpc) is 3.13. The lowest BCUT2D eigenvalue weighted by atomic mass is 9.99. The number of aryl methyl sites for hydroxylation is 2. The lowest BCUT2D eigenvalue weighted by Crippen LogP contribution is -2.36. The van der Waals surface area contributed by atoms with Gasteiger partial charge in [0.05, 0.1) is 16.1 Å². The molecule has 2 amide bonds. The number of anilines is 1. The molecule has 1 saturated heterocycles. The first kappa shape index (κ1) is 17.3. The van der Waals surface area contributed by atoms with Crippen LogP contribution in [0.1, 0.15) is 62.6 Å². The van der Waals surface area contributed by atoms with Crippen molar-refractivity contribution in [3.8, 4) is 0 Å². The molecule has 1 aliphatic heterocycles. The predicted octanol–water partition coefficient (Wildman–Crippen LogP) is 4.51. The number of carbonyl (C=O) groups excluding carboxylic acids is 2. The summed E-state index contributed by atoms with van der Waals surface area (Å²) in [4.78, 5) is 29.6. The summed E-state index contributed by atoms with van der Waals surface area (Å²) >= 11 is 1.60. The molecule has 1 aromatic carbocycles. The molecule has 0 atom stereocenters. The Kier molecular flexibility index (Phi) is 5.07. The van der Waals surface area contributed by atoms with Crippen molar-refractivity contribution in [2.45, 2.75) is 44.9 Å². The number of hydrogen-bond donors (Lipinski definition) is 1. The third-order valence-corrected chi connectivity index (χ3v) is 6.51. The molecule has 2 aliphatic rings. The molecular weight excluding hydrogens is 344 g/mol. The van der Waals surface area contributed by atoms with E-state index in [-0.39, 0.29) is 11.8 Å². The van der Waals surface area contributed by atoms with Crippen molar-refractivity contribution in [2.75, 3.05) is 18.4 Å². The van der Waals surface area contributed by atoms with Crippen molar-refractivity contribution in [1.82, 2.24) is 4.90 Å². The Balaban J connectivity index is 1.53. The van der Waals surface area contributed by atoms with Crippen LogP contribution in [0.3, 0.4) is 0 Å². The van der Waals surface area contributed by atoms with E-state index < -0.39 is 0 Å². The number of piperidine rings is 1. The molecule has 2 heterocycles. The fourth-order valence-corrected chi connectivity index (χ4v) is 4.98. The second-order valence-electron chi connectivity index (χ2n) is 7.12. The Hall–Kier alpha value is -2.14. The van der Waals surface area contributed by atoms with E-state index in [1.807, 2.05) is 35.2 Å². The van der Waals surface area contributed by atoms with Crippen molar-refractivity contribution in [1.29, 1.82) is 0 Å². The van der Waals surface area contributed by atoms with Gasteiger partial charge in [-0.3, -0.25) is 9.59 Å². The van der Waals surface area contributed by atoms with Crippen LogP contribution in [0.5, 0.6) is 0 Å². The zero-order valence-electron chi connectivity index (χ0n) is 14.9. The zero-order valence-corrected chi connectivity index (χ0v) is 15.7. The van der Waals surface area contributed by atoms with Gasteiger partial charge in [-0.25, -0.2) is 0 Å². The van der Waals surface area contributed by atoms with E-state index in [1.54, 1.807) is 11.3 Å². The Morgan fingerprint density at radius 1 is 0.962 bits per heavy atom. The van der Waals surface area contributed by atoms with E-state index >= 15 is 0 Å². The highest BCUT2D eigenvalue weighted by Gasteiger charge is 2.22. The van der Waals surface area contributed by atoms with Gasteiger partial charge in [0.15, 0.2) is 0 Å². The molecule has 4 rings (SSSR count). The summed E-state index contributed by atoms with van der Waals surface area (Å²) in [6.45, 7) is 1.61. The van der Waals surface area contributed by atoms with Gasteiger partial charge in [-0.15, -0.1) is 11.3 Å². The molecule has 0 bridgehead atoms. The van der Waals surface area contributed by atoms with Gasteiger partial charge in [-0.05, 0) is 68.7 Å². The number of hydrogen-bond acceptors (Lipinski definition) is 3. The minimum atomic E-state index is -0.108. The molecule has 1 N–H and O–H groups in total. The monoisotopic (exact) mass is 368 g/mol. The molecule has 2 aromatic rings. The van der Waals surface area contributed by atoms with E-state index in [1.165, 1.54) is 29.7 Å². The molecule has 5 heteroatoms. The third kappa shape index (κ3) is 3.54. The number of benzene rings is 1. The van der Waals surface area contributed by atoms with E-state index in [4.69, 9.17) is 0 Å². The number of fused-ring (bicyclic) bond motifs is 1. The van der Waals surface area contributed by atoms with E-state index in [9.17, 15) is 9.59 Å². The summed E-state index contributed by atoms with van der Waals surface area (Å²) in [6, 6.07) is 9.39. The van der Waals surface area contributed by atoms with Crippen LogP contribution < -0.4 is 5.32 Å². The van der Waals surface area contributed by atoms with E-state index in [0.29, 0.717) is 11.3 Å². The first-order valence-electron chi connectivity index (χ1n) is 9.53. The SMILES string of the molecule is O=C(Nc1ccccc1C(=O)N1CCCCC1)c1cc2c(s1)CCCC2. The van der Waals surface area contributed by atoms with Gasteiger partial charge in [0.25, 0.3) is 11.8 Å². The van der Waals surface area contributed by atoms with Gasteiger partial charge in [0.2, 0.25) is 0 Å². The smallest absolute Gasteiger partial charge is 0.265 e. The Labute approximate surface area is 158 Å². The highest BCUT2D eigenvalue weighted by atomic mass is 32.1. The number of likely N-dealkylation sites (tertiary alicyclic amines) is 1. The summed E-state index contributed by atoms with van der Waals surface area (Å²) in [5.74, 6) is -0.0885. The minimum Gasteiger partial charge on any atom is -0.339 e. The number of thiophene rings is 1. The highest BCUT2D eigenvalue weighted by Crippen LogP contribution is 2.30. The van der Waals surface area contributed by atoms with Crippen molar-refractivity contribution < 1.29 is 9.59 Å². The molecule has 4 nitrogen and oxygen atoms in total. The maximum absolute atomic E-state index is 12.9. The molecule has 0 saturated carbocycles. The molecule has 1 aliphatic carbocycles. The number of nitrogens with one attached hydrogen (secondary N) is 1. The molecule has 0 radical (unpaired) electrons. The number of amides is 2. The second-order valence-corrected chi connectivity index (χ2v) is 8.26. The van der Waals surface area contributed by atoms with Crippen LogP contribution in [0, 0.1) is 0 Å². The van der Waals surface area contributed by atoms with Crippen LogP contribution in [0.15, 0.2) is 30.3 Å². The van der Waals surface area contributed by atoms with Crippen LogP contribution in [0.4, 0.5) is 5.69 Å². The minimum absolute atomic E-state index is 0.0195. The summed E-state index contributed by atoms with van der Waals surface area (Å²) in [5, 5.41) is 2.98. The van der Waals surface area contributed by atoms with Crippen molar-refractivity contribution in [3.05, 3.63) is 51.2 Å². The lowest BCUT2D eigenvalue weighted by Gasteiger charge is -2.27. The maximum atomic E-state index is 12.9. The Morgan fingerprint density at radius 2 is 1.73 bits per heavy atom. The number of rotatable bonds is 3. The number of carbonyl (C=O) groups is 2. The summed E-state index contributed by atoms with van der Waals surface area (Å²) in [6.07, 6.45) is 7.87. The van der Waals surface area contributed by atoms with Gasteiger partial charge in [-0.1, -0.05) is 12.1 Å². The average molecular weight is 369 g/mol. The normalized spacial score (nSPS) is 16.8. The number of para-hydroxylation sites is 1. The molecule has 1 aromatic heterocycles. The van der Waals surface area contributed by atoms with Crippen molar-refractivity contribution >= 4 is 28.8 Å². The summed E-state index contributed by atoms with van der Waals surface area (Å²) in [7, 11) is 0. The molecule has 26 heavy (non-hydrogen) atoms. The van der Waals surface area contributed by atoms with Gasteiger partial charge >= 0.3 is 0 Å². The van der Waals surface area contributed by atoms with Crippen LogP contribution in [0.2, 0.25) is 0 Å². The maximum Gasteiger partial charge on any atom is 0.265 e. The number of nitrogens with zero attached hydrogens (tertiary/aromatic N) is 1. The largest absolute Gasteiger partial charge is 0.339 e. The summed E-state index contributed by atoms with van der Waals surface area (Å²) < 4.78 is 0. The molecule has 1 fully saturated rings. The third-order valence-electron chi connectivity index (χ3n) is 5.27. The van der Waals surface area contributed by atoms with Crippen LogP contribution in [0.25, 0.3) is 0 Å². The van der Waals surface area contributed by atoms with Gasteiger partial charge in [0.1, 0.15) is 0 Å². The second kappa shape index (κ2) is 7.62. The van der Waals surface area contributed by atoms with E-state index in [0.717, 1.165) is 43.6 Å². The van der Waals surface area contributed by atoms with Crippen LogP contribution >= 0.6 is 11.3 Å². The lowest BCUT2D eigenvalue weighted by molar-refractivity contribution is 0.0725. The fourth-order valence-electron chi connectivity index (χ4n) is 3.83. The first-order valence-corrected chi connectivity index (χ1v) is 10.4. The molecular formula is C21H24N2O2S. The van der Waals surface area contributed by atoms with Gasteiger partial charge in [0, 0.05) is 18.0 Å². The standard InChI is InChI=1S/C21H24N2O2S/c24-20(19-14-15-8-2-5-11-18(15)26-19)22-17-10-4-3-9-16(17)21(25)23-12-6-1-7-13-23/h3-4,9-10,14H,1-2,5-8,11-13H2,(H,22,24). The first-order chi connectivity index (χ1) is 12.7. The topological polar surface area (TPSA) is 49.4 Å². The predicted molar refractivity (Wildman–Crippen MR) is 105 cm³/mol. The zero-order chi connectivity index (χ0) is 17.9. The molecule has 136 valence electrons. The summed E-state index contributed by atoms with van der Waals surface area (Å²) in [5.41, 5.74) is 2.52. The van der Waals surface area contributed by atoms with E-state index in [2.05, 4.69) is 5.32 Å². The highest BCUT2D eigenvalue weighted by molar-refractivity contribution is 7.14. The van der Waals surface area contributed by atoms with Gasteiger partial charge < -0.3 is 10.2 Å². The van der Waals surface area contributed by atoms with Crippen molar-refractivity contribution in [3.63, 3.8) is 0 Å². The van der Waals surface area contributed by atoms with Crippen molar-refractivity contribution in [2.24, 2.45) is 0 Å². The van der Waals surface area contributed by atoms with Crippen LogP contribution in [-0.4, -0.2) is 29.8 Å². The molecule has 0 spiro atoms. The van der Waals surface area contributed by atoms with Gasteiger partial charge in [-0.2, -0.15) is 0 Å². The van der Waals surface area contributed by atoms with Crippen LogP contribution in [-0.2, 0) is 12.8 Å².